The summed E-state index contributed by atoms with van der Waals surface area (Å²) in [4.78, 5) is 0. The van der Waals surface area contributed by atoms with Gasteiger partial charge in [-0.2, -0.15) is 0 Å². The normalized spacial score (nSPS) is 10.6. The Morgan fingerprint density at radius 2 is 2.12 bits per heavy atom. The van der Waals surface area contributed by atoms with Crippen LogP contribution in [0.1, 0.15) is 19.4 Å². The zero-order valence-electron chi connectivity index (χ0n) is 10.2. The first-order valence-electron chi connectivity index (χ1n) is 5.21. The van der Waals surface area contributed by atoms with Gasteiger partial charge in [-0.1, -0.05) is 6.58 Å². The summed E-state index contributed by atoms with van der Waals surface area (Å²) in [6, 6.07) is 5.15. The lowest BCUT2D eigenvalue weighted by Crippen LogP contribution is -2.07. The van der Waals surface area contributed by atoms with E-state index in [1.54, 1.807) is 25.2 Å². The fourth-order valence-electron chi connectivity index (χ4n) is 1.32. The first-order chi connectivity index (χ1) is 7.93. The second-order valence-corrected chi connectivity index (χ2v) is 4.70. The van der Waals surface area contributed by atoms with Gasteiger partial charge < -0.3 is 9.84 Å². The molecule has 92 valence electrons. The van der Waals surface area contributed by atoms with Crippen molar-refractivity contribution in [3.05, 3.63) is 30.3 Å². The minimum atomic E-state index is -0.125. The van der Waals surface area contributed by atoms with Crippen LogP contribution in [0.5, 0.6) is 5.75 Å². The average Bonchev–Trinajstić information content (AvgIpc) is 2.26. The third-order valence-electron chi connectivity index (χ3n) is 2.09. The smallest absolute Gasteiger partial charge is 0.281 e. The van der Waals surface area contributed by atoms with Crippen LogP contribution < -0.4 is 9.41 Å². The molecule has 0 heterocycles. The maximum absolute atomic E-state index is 10.8. The molecule has 0 aromatic heterocycles. The van der Waals surface area contributed by atoms with Gasteiger partial charge >= 0.3 is 0 Å². The maximum atomic E-state index is 10.8. The van der Waals surface area contributed by atoms with Crippen molar-refractivity contribution in [3.8, 4) is 5.75 Å². The highest BCUT2D eigenvalue weighted by Gasteiger charge is 2.08. The molecule has 0 unspecified atom stereocenters. The van der Waals surface area contributed by atoms with E-state index < -0.39 is 0 Å². The van der Waals surface area contributed by atoms with Gasteiger partial charge in [0.1, 0.15) is 11.5 Å². The second kappa shape index (κ2) is 5.69. The number of aliphatic hydroxyl groups is 1. The summed E-state index contributed by atoms with van der Waals surface area (Å²) in [6.07, 6.45) is 0.0279. The Labute approximate surface area is 103 Å². The van der Waals surface area contributed by atoms with E-state index in [0.29, 0.717) is 17.0 Å². The van der Waals surface area contributed by atoms with Crippen LogP contribution in [-0.2, 0) is 4.57 Å². The van der Waals surface area contributed by atoms with Gasteiger partial charge in [0.25, 0.3) is 8.61 Å². The summed E-state index contributed by atoms with van der Waals surface area (Å²) in [5.74, 6) is 0.564. The zero-order valence-corrected chi connectivity index (χ0v) is 11.1. The van der Waals surface area contributed by atoms with Crippen LogP contribution in [0, 0.1) is 0 Å². The van der Waals surface area contributed by atoms with Gasteiger partial charge in [-0.05, 0) is 26.0 Å². The monoisotopic (exact) mass is 253 g/mol. The molecule has 1 aromatic rings. The molecule has 0 aliphatic carbocycles. The summed E-state index contributed by atoms with van der Waals surface area (Å²) in [5, 5.41) is 9.41. The van der Waals surface area contributed by atoms with E-state index in [1.807, 2.05) is 13.8 Å². The fraction of sp³-hybridized carbons (Fsp3) is 0.333. The molecule has 1 aromatic carbocycles. The second-order valence-electron chi connectivity index (χ2n) is 3.93. The molecular weight excluding hydrogens is 237 g/mol. The summed E-state index contributed by atoms with van der Waals surface area (Å²) in [6.45, 7) is 7.30. The third kappa shape index (κ3) is 3.75. The van der Waals surface area contributed by atoms with Gasteiger partial charge in [-0.25, -0.2) is 4.57 Å². The van der Waals surface area contributed by atoms with Crippen molar-refractivity contribution in [3.63, 3.8) is 0 Å². The maximum Gasteiger partial charge on any atom is 0.281 e. The van der Waals surface area contributed by atoms with Crippen LogP contribution in [-0.4, -0.2) is 18.3 Å². The van der Waals surface area contributed by atoms with Crippen LogP contribution in [0.4, 0.5) is 5.69 Å². The number of ether oxygens (including phenoxy) is 1. The molecule has 1 rings (SSSR count). The van der Waals surface area contributed by atoms with Gasteiger partial charge in [0.15, 0.2) is 0 Å². The summed E-state index contributed by atoms with van der Waals surface area (Å²) < 4.78 is 17.9. The molecule has 1 N–H and O–H groups in total. The number of hydrogen-bond acceptors (Lipinski definition) is 3. The van der Waals surface area contributed by atoms with Crippen LogP contribution in [0.2, 0.25) is 0 Å². The number of aliphatic hydroxyl groups excluding tert-OH is 1. The van der Waals surface area contributed by atoms with E-state index in [4.69, 9.17) is 4.74 Å². The lowest BCUT2D eigenvalue weighted by molar-refractivity contribution is 0.242. The standard InChI is InChI=1S/C12H16NO3P/c1-8(2)16-12-6-10(9(3)14)5-11(7-12)13(4)17-15/h5-8,14H,3H2,1-2,4H3. The van der Waals surface area contributed by atoms with Crippen molar-refractivity contribution in [2.24, 2.45) is 0 Å². The minimum absolute atomic E-state index is 0.0279. The molecule has 0 spiro atoms. The van der Waals surface area contributed by atoms with Crippen molar-refractivity contribution < 1.29 is 14.4 Å². The molecule has 0 aliphatic rings. The summed E-state index contributed by atoms with van der Waals surface area (Å²) in [7, 11) is 1.55. The molecule has 0 aliphatic heterocycles. The Balaban J connectivity index is 3.18. The van der Waals surface area contributed by atoms with Gasteiger partial charge in [-0.15, -0.1) is 0 Å². The van der Waals surface area contributed by atoms with Crippen LogP contribution in [0.15, 0.2) is 24.8 Å². The van der Waals surface area contributed by atoms with Crippen LogP contribution in [0.3, 0.4) is 0 Å². The SMILES string of the molecule is C=C(O)c1cc(OC(C)C)cc(N(C)P=O)c1. The summed E-state index contributed by atoms with van der Waals surface area (Å²) >= 11 is 0. The van der Waals surface area contributed by atoms with Crippen molar-refractivity contribution in [1.82, 2.24) is 0 Å². The highest BCUT2D eigenvalue weighted by Crippen LogP contribution is 2.29. The van der Waals surface area contributed by atoms with Gasteiger partial charge in [-0.3, -0.25) is 4.67 Å². The van der Waals surface area contributed by atoms with Crippen molar-refractivity contribution >= 4 is 20.1 Å². The molecule has 0 fully saturated rings. The van der Waals surface area contributed by atoms with E-state index >= 15 is 0 Å². The molecule has 0 saturated heterocycles. The number of rotatable bonds is 5. The Kier molecular flexibility index (Phi) is 4.53. The molecule has 0 bridgehead atoms. The predicted molar refractivity (Wildman–Crippen MR) is 69.9 cm³/mol. The quantitative estimate of drug-likeness (QED) is 0.642. The molecule has 4 nitrogen and oxygen atoms in total. The molecule has 0 amide bonds. The zero-order chi connectivity index (χ0) is 13.0. The highest BCUT2D eigenvalue weighted by molar-refractivity contribution is 7.26. The topological polar surface area (TPSA) is 49.8 Å². The highest BCUT2D eigenvalue weighted by atomic mass is 31.1. The molecule has 0 saturated carbocycles. The molecule has 0 radical (unpaired) electrons. The summed E-state index contributed by atoms with van der Waals surface area (Å²) in [5.41, 5.74) is 1.23. The van der Waals surface area contributed by atoms with E-state index in [9.17, 15) is 9.67 Å². The first-order valence-corrected chi connectivity index (χ1v) is 5.97. The third-order valence-corrected chi connectivity index (χ3v) is 2.57. The van der Waals surface area contributed by atoms with E-state index in [-0.39, 0.29) is 20.5 Å². The predicted octanol–water partition coefficient (Wildman–Crippen LogP) is 3.65. The molecule has 17 heavy (non-hydrogen) atoms. The van der Waals surface area contributed by atoms with Crippen LogP contribution >= 0.6 is 8.61 Å². The van der Waals surface area contributed by atoms with Crippen molar-refractivity contribution in [2.75, 3.05) is 11.7 Å². The van der Waals surface area contributed by atoms with Crippen molar-refractivity contribution in [1.29, 1.82) is 0 Å². The lowest BCUT2D eigenvalue weighted by atomic mass is 10.1. The fourth-order valence-corrected chi connectivity index (χ4v) is 1.53. The van der Waals surface area contributed by atoms with E-state index in [1.165, 1.54) is 4.67 Å². The molecule has 5 heteroatoms. The van der Waals surface area contributed by atoms with Crippen molar-refractivity contribution in [2.45, 2.75) is 20.0 Å². The largest absolute Gasteiger partial charge is 0.508 e. The number of benzene rings is 1. The Bertz CT molecular complexity index is 432. The van der Waals surface area contributed by atoms with Gasteiger partial charge in [0.2, 0.25) is 0 Å². The first kappa shape index (κ1) is 13.5. The van der Waals surface area contributed by atoms with E-state index in [2.05, 4.69) is 6.58 Å². The Morgan fingerprint density at radius 1 is 1.47 bits per heavy atom. The average molecular weight is 253 g/mol. The molecular formula is C12H16NO3P. The Morgan fingerprint density at radius 3 is 2.59 bits per heavy atom. The lowest BCUT2D eigenvalue weighted by Gasteiger charge is -2.15. The number of anilines is 1. The minimum Gasteiger partial charge on any atom is -0.508 e. The van der Waals surface area contributed by atoms with Crippen LogP contribution in [0.25, 0.3) is 5.76 Å². The Hall–Kier alpha value is -1.54. The van der Waals surface area contributed by atoms with Gasteiger partial charge in [0.05, 0.1) is 11.8 Å². The van der Waals surface area contributed by atoms with Gasteiger partial charge in [0, 0.05) is 18.7 Å². The molecule has 0 atom stereocenters. The number of nitrogens with zero attached hydrogens (tertiary/aromatic N) is 1. The van der Waals surface area contributed by atoms with E-state index in [0.717, 1.165) is 0 Å². The number of hydrogen-bond donors (Lipinski definition) is 1.